The van der Waals surface area contributed by atoms with Crippen LogP contribution in [0, 0.1) is 6.92 Å². The minimum absolute atomic E-state index is 0.208. The van der Waals surface area contributed by atoms with E-state index in [2.05, 4.69) is 22.0 Å². The summed E-state index contributed by atoms with van der Waals surface area (Å²) in [7, 11) is 1.39. The fourth-order valence-corrected chi connectivity index (χ4v) is 2.31. The Bertz CT molecular complexity index is 365. The molecule has 1 aromatic rings. The molecule has 90 valence electrons. The monoisotopic (exact) mass is 242 g/mol. The van der Waals surface area contributed by atoms with Crippen LogP contribution in [0.15, 0.2) is 5.38 Å². The molecule has 0 amide bonds. The summed E-state index contributed by atoms with van der Waals surface area (Å²) in [6.07, 6.45) is 0.872. The molecule has 0 aromatic carbocycles. The number of esters is 1. The van der Waals surface area contributed by atoms with Crippen molar-refractivity contribution in [2.75, 3.05) is 13.7 Å². The van der Waals surface area contributed by atoms with Crippen molar-refractivity contribution in [3.05, 3.63) is 16.1 Å². The number of nitrogens with one attached hydrogen (secondary N) is 1. The van der Waals surface area contributed by atoms with Gasteiger partial charge < -0.3 is 4.74 Å². The molecule has 1 heterocycles. The molecule has 5 heteroatoms. The second-order valence-corrected chi connectivity index (χ2v) is 4.77. The van der Waals surface area contributed by atoms with Crippen molar-refractivity contribution < 1.29 is 9.53 Å². The molecular formula is C11H18N2O2S. The van der Waals surface area contributed by atoms with E-state index in [1.165, 1.54) is 7.11 Å². The zero-order valence-corrected chi connectivity index (χ0v) is 11.0. The number of thiazole rings is 1. The van der Waals surface area contributed by atoms with Gasteiger partial charge in [0.2, 0.25) is 0 Å². The first kappa shape index (κ1) is 13.1. The molecule has 0 saturated carbocycles. The van der Waals surface area contributed by atoms with Crippen molar-refractivity contribution in [1.82, 2.24) is 10.3 Å². The lowest BCUT2D eigenvalue weighted by Crippen LogP contribution is -2.42. The molecule has 0 unspecified atom stereocenters. The van der Waals surface area contributed by atoms with Gasteiger partial charge in [0.05, 0.1) is 19.2 Å². The molecule has 1 N–H and O–H groups in total. The SMILES string of the molecule is CC[C@](C)(NCC(=O)OC)c1nc(C)cs1. The second kappa shape index (κ2) is 5.41. The first-order valence-electron chi connectivity index (χ1n) is 5.26. The maximum Gasteiger partial charge on any atom is 0.319 e. The minimum atomic E-state index is -0.257. The van der Waals surface area contributed by atoms with Gasteiger partial charge in [0.15, 0.2) is 0 Å². The van der Waals surface area contributed by atoms with Crippen LogP contribution in [0.3, 0.4) is 0 Å². The molecular weight excluding hydrogens is 224 g/mol. The molecule has 0 saturated heterocycles. The van der Waals surface area contributed by atoms with Gasteiger partial charge in [-0.05, 0) is 20.3 Å². The number of aromatic nitrogens is 1. The van der Waals surface area contributed by atoms with Crippen LogP contribution in [-0.2, 0) is 15.1 Å². The predicted octanol–water partition coefficient (Wildman–Crippen LogP) is 1.84. The number of rotatable bonds is 5. The highest BCUT2D eigenvalue weighted by Crippen LogP contribution is 2.27. The van der Waals surface area contributed by atoms with Crippen LogP contribution < -0.4 is 5.32 Å². The number of hydrogen-bond donors (Lipinski definition) is 1. The summed E-state index contributed by atoms with van der Waals surface area (Å²) >= 11 is 1.61. The highest BCUT2D eigenvalue weighted by molar-refractivity contribution is 7.09. The maximum atomic E-state index is 11.1. The Labute approximate surface area is 100 Å². The zero-order valence-electron chi connectivity index (χ0n) is 10.2. The first-order chi connectivity index (χ1) is 7.51. The van der Waals surface area contributed by atoms with Gasteiger partial charge in [-0.1, -0.05) is 6.92 Å². The lowest BCUT2D eigenvalue weighted by molar-refractivity contribution is -0.139. The summed E-state index contributed by atoms with van der Waals surface area (Å²) in [5.41, 5.74) is 0.757. The van der Waals surface area contributed by atoms with E-state index in [0.29, 0.717) is 0 Å². The van der Waals surface area contributed by atoms with Crippen LogP contribution >= 0.6 is 11.3 Å². The minimum Gasteiger partial charge on any atom is -0.468 e. The maximum absolute atomic E-state index is 11.1. The van der Waals surface area contributed by atoms with Gasteiger partial charge in [-0.3, -0.25) is 10.1 Å². The summed E-state index contributed by atoms with van der Waals surface area (Å²) in [4.78, 5) is 15.6. The van der Waals surface area contributed by atoms with E-state index < -0.39 is 0 Å². The van der Waals surface area contributed by atoms with Crippen LogP contribution in [0.25, 0.3) is 0 Å². The number of ether oxygens (including phenoxy) is 1. The van der Waals surface area contributed by atoms with Gasteiger partial charge in [0, 0.05) is 11.1 Å². The van der Waals surface area contributed by atoms with Crippen molar-refractivity contribution in [2.45, 2.75) is 32.7 Å². The van der Waals surface area contributed by atoms with Crippen molar-refractivity contribution in [2.24, 2.45) is 0 Å². The van der Waals surface area contributed by atoms with Gasteiger partial charge >= 0.3 is 5.97 Å². The lowest BCUT2D eigenvalue weighted by atomic mass is 10.00. The van der Waals surface area contributed by atoms with Crippen LogP contribution in [0.5, 0.6) is 0 Å². The number of hydrogen-bond acceptors (Lipinski definition) is 5. The van der Waals surface area contributed by atoms with Crippen LogP contribution in [0.4, 0.5) is 0 Å². The summed E-state index contributed by atoms with van der Waals surface area (Å²) in [5, 5.41) is 6.23. The molecule has 0 spiro atoms. The Morgan fingerprint density at radius 1 is 1.69 bits per heavy atom. The summed E-state index contributed by atoms with van der Waals surface area (Å²) < 4.78 is 4.61. The van der Waals surface area contributed by atoms with Gasteiger partial charge in [-0.25, -0.2) is 4.98 Å². The molecule has 16 heavy (non-hydrogen) atoms. The molecule has 0 aliphatic rings. The van der Waals surface area contributed by atoms with Crippen LogP contribution in [0.1, 0.15) is 31.0 Å². The van der Waals surface area contributed by atoms with E-state index in [4.69, 9.17) is 0 Å². The molecule has 0 aliphatic carbocycles. The van der Waals surface area contributed by atoms with E-state index in [0.717, 1.165) is 17.1 Å². The smallest absolute Gasteiger partial charge is 0.319 e. The van der Waals surface area contributed by atoms with E-state index in [1.54, 1.807) is 11.3 Å². The topological polar surface area (TPSA) is 51.2 Å². The van der Waals surface area contributed by atoms with Crippen LogP contribution in [-0.4, -0.2) is 24.6 Å². The van der Waals surface area contributed by atoms with E-state index in [1.807, 2.05) is 19.2 Å². The molecule has 1 atom stereocenters. The second-order valence-electron chi connectivity index (χ2n) is 3.91. The van der Waals surface area contributed by atoms with Gasteiger partial charge in [0.25, 0.3) is 0 Å². The number of methoxy groups -OCH3 is 1. The molecule has 1 rings (SSSR count). The third kappa shape index (κ3) is 3.02. The molecule has 0 bridgehead atoms. The standard InChI is InChI=1S/C11H18N2O2S/c1-5-11(3,12-6-9(14)15-4)10-13-8(2)7-16-10/h7,12H,5-6H2,1-4H3/t11-/m0/s1. The van der Waals surface area contributed by atoms with Gasteiger partial charge in [-0.2, -0.15) is 0 Å². The van der Waals surface area contributed by atoms with Crippen molar-refractivity contribution in [3.63, 3.8) is 0 Å². The van der Waals surface area contributed by atoms with Crippen LogP contribution in [0.2, 0.25) is 0 Å². The Balaban J connectivity index is 2.73. The molecule has 0 fully saturated rings. The average Bonchev–Trinajstić information content (AvgIpc) is 2.72. The largest absolute Gasteiger partial charge is 0.468 e. The lowest BCUT2D eigenvalue weighted by Gasteiger charge is -2.26. The number of carbonyl (C=O) groups excluding carboxylic acids is 1. The number of aryl methyl sites for hydroxylation is 1. The van der Waals surface area contributed by atoms with Crippen molar-refractivity contribution >= 4 is 17.3 Å². The van der Waals surface area contributed by atoms with Crippen molar-refractivity contribution in [3.8, 4) is 0 Å². The average molecular weight is 242 g/mol. The Morgan fingerprint density at radius 2 is 2.38 bits per heavy atom. The van der Waals surface area contributed by atoms with Crippen molar-refractivity contribution in [1.29, 1.82) is 0 Å². The molecule has 1 aromatic heterocycles. The Hall–Kier alpha value is -0.940. The summed E-state index contributed by atoms with van der Waals surface area (Å²) in [6, 6.07) is 0. The fraction of sp³-hybridized carbons (Fsp3) is 0.636. The normalized spacial score (nSPS) is 14.5. The molecule has 0 aliphatic heterocycles. The zero-order chi connectivity index (χ0) is 12.2. The molecule has 4 nitrogen and oxygen atoms in total. The van der Waals surface area contributed by atoms with Gasteiger partial charge in [0.1, 0.15) is 5.01 Å². The highest BCUT2D eigenvalue weighted by atomic mass is 32.1. The quantitative estimate of drug-likeness (QED) is 0.800. The van der Waals surface area contributed by atoms with E-state index in [-0.39, 0.29) is 18.1 Å². The molecule has 0 radical (unpaired) electrons. The first-order valence-corrected chi connectivity index (χ1v) is 6.14. The van der Waals surface area contributed by atoms with E-state index in [9.17, 15) is 4.79 Å². The number of nitrogens with zero attached hydrogens (tertiary/aromatic N) is 1. The predicted molar refractivity (Wildman–Crippen MR) is 64.5 cm³/mol. The summed E-state index contributed by atoms with van der Waals surface area (Å²) in [5.74, 6) is -0.257. The third-order valence-electron chi connectivity index (χ3n) is 2.65. The Morgan fingerprint density at radius 3 is 2.81 bits per heavy atom. The third-order valence-corrected chi connectivity index (χ3v) is 3.87. The summed E-state index contributed by atoms with van der Waals surface area (Å²) in [6.45, 7) is 6.30. The Kier molecular flexibility index (Phi) is 4.44. The fourth-order valence-electron chi connectivity index (χ4n) is 1.30. The highest BCUT2D eigenvalue weighted by Gasteiger charge is 2.27. The van der Waals surface area contributed by atoms with Gasteiger partial charge in [-0.15, -0.1) is 11.3 Å². The van der Waals surface area contributed by atoms with E-state index >= 15 is 0 Å². The number of carbonyl (C=O) groups is 1.